The van der Waals surface area contributed by atoms with E-state index in [1.54, 1.807) is 0 Å². The third-order valence-corrected chi connectivity index (χ3v) is 5.19. The van der Waals surface area contributed by atoms with Gasteiger partial charge in [-0.25, -0.2) is 9.97 Å². The fourth-order valence-corrected chi connectivity index (χ4v) is 3.37. The first kappa shape index (κ1) is 17.5. The topological polar surface area (TPSA) is 58.3 Å². The summed E-state index contributed by atoms with van der Waals surface area (Å²) in [4.78, 5) is 14.6. The van der Waals surface area contributed by atoms with Crippen LogP contribution < -0.4 is 4.90 Å². The number of aromatic nitrogens is 3. The van der Waals surface area contributed by atoms with Gasteiger partial charge in [0.15, 0.2) is 5.76 Å². The number of anilines is 1. The van der Waals surface area contributed by atoms with Crippen LogP contribution in [0.3, 0.4) is 0 Å². The standard InChI is InChI=1S/C20H29N5O/c1-14-11-16(26-23-14)13-24-7-9-25(10-8-24)18-12-17(20(2,3)4)21-19(22-18)15-5-6-15/h11-12,15H,5-10,13H2,1-4H3. The molecule has 0 unspecified atom stereocenters. The predicted molar refractivity (Wildman–Crippen MR) is 101 cm³/mol. The van der Waals surface area contributed by atoms with Crippen LogP contribution in [-0.4, -0.2) is 46.2 Å². The van der Waals surface area contributed by atoms with Gasteiger partial charge >= 0.3 is 0 Å². The zero-order valence-corrected chi connectivity index (χ0v) is 16.3. The van der Waals surface area contributed by atoms with Crippen molar-refractivity contribution < 1.29 is 4.52 Å². The molecular formula is C20H29N5O. The normalized spacial score (nSPS) is 19.2. The minimum atomic E-state index is 0.0489. The summed E-state index contributed by atoms with van der Waals surface area (Å²) >= 11 is 0. The van der Waals surface area contributed by atoms with Gasteiger partial charge in [0.25, 0.3) is 0 Å². The molecule has 6 heteroatoms. The summed E-state index contributed by atoms with van der Waals surface area (Å²) in [5.41, 5.74) is 2.15. The van der Waals surface area contributed by atoms with E-state index >= 15 is 0 Å². The van der Waals surface area contributed by atoms with Crippen molar-refractivity contribution >= 4 is 5.82 Å². The summed E-state index contributed by atoms with van der Waals surface area (Å²) in [6.45, 7) is 13.5. The molecule has 1 aliphatic heterocycles. The highest BCUT2D eigenvalue weighted by atomic mass is 16.5. The van der Waals surface area contributed by atoms with Crippen molar-refractivity contribution in [3.05, 3.63) is 35.1 Å². The predicted octanol–water partition coefficient (Wildman–Crippen LogP) is 3.27. The summed E-state index contributed by atoms with van der Waals surface area (Å²) in [5, 5.41) is 3.98. The van der Waals surface area contributed by atoms with E-state index < -0.39 is 0 Å². The van der Waals surface area contributed by atoms with Crippen LogP contribution in [-0.2, 0) is 12.0 Å². The molecule has 0 bridgehead atoms. The van der Waals surface area contributed by atoms with Gasteiger partial charge in [0.05, 0.1) is 17.9 Å². The molecule has 2 fully saturated rings. The molecule has 2 aromatic rings. The fourth-order valence-electron chi connectivity index (χ4n) is 3.37. The van der Waals surface area contributed by atoms with Gasteiger partial charge in [0.2, 0.25) is 0 Å². The van der Waals surface area contributed by atoms with E-state index in [1.807, 2.05) is 13.0 Å². The molecule has 0 atom stereocenters. The van der Waals surface area contributed by atoms with Gasteiger partial charge in [-0.15, -0.1) is 0 Å². The van der Waals surface area contributed by atoms with Crippen molar-refractivity contribution in [1.82, 2.24) is 20.0 Å². The molecule has 0 radical (unpaired) electrons. The average molecular weight is 355 g/mol. The van der Waals surface area contributed by atoms with Gasteiger partial charge in [-0.05, 0) is 19.8 Å². The van der Waals surface area contributed by atoms with Crippen molar-refractivity contribution in [3.8, 4) is 0 Å². The van der Waals surface area contributed by atoms with Gasteiger partial charge in [-0.2, -0.15) is 0 Å². The quantitative estimate of drug-likeness (QED) is 0.839. The van der Waals surface area contributed by atoms with E-state index in [0.29, 0.717) is 5.92 Å². The lowest BCUT2D eigenvalue weighted by molar-refractivity contribution is 0.219. The number of rotatable bonds is 4. The Labute approximate surface area is 155 Å². The van der Waals surface area contributed by atoms with Crippen LogP contribution in [0, 0.1) is 6.92 Å². The maximum Gasteiger partial charge on any atom is 0.150 e. The van der Waals surface area contributed by atoms with Gasteiger partial charge < -0.3 is 9.42 Å². The van der Waals surface area contributed by atoms with Gasteiger partial charge in [-0.3, -0.25) is 4.90 Å². The lowest BCUT2D eigenvalue weighted by Crippen LogP contribution is -2.46. The summed E-state index contributed by atoms with van der Waals surface area (Å²) in [5.74, 6) is 3.67. The molecule has 0 N–H and O–H groups in total. The first-order chi connectivity index (χ1) is 12.4. The molecule has 2 aliphatic rings. The smallest absolute Gasteiger partial charge is 0.150 e. The van der Waals surface area contributed by atoms with E-state index in [2.05, 4.69) is 41.8 Å². The molecule has 26 heavy (non-hydrogen) atoms. The average Bonchev–Trinajstić information content (AvgIpc) is 3.38. The molecule has 2 aromatic heterocycles. The molecule has 1 aliphatic carbocycles. The lowest BCUT2D eigenvalue weighted by Gasteiger charge is -2.35. The molecule has 6 nitrogen and oxygen atoms in total. The minimum Gasteiger partial charge on any atom is -0.360 e. The van der Waals surface area contributed by atoms with Gasteiger partial charge in [0.1, 0.15) is 11.6 Å². The van der Waals surface area contributed by atoms with Crippen LogP contribution in [0.4, 0.5) is 5.82 Å². The summed E-state index contributed by atoms with van der Waals surface area (Å²) in [6, 6.07) is 4.22. The maximum atomic E-state index is 5.35. The van der Waals surface area contributed by atoms with E-state index in [4.69, 9.17) is 14.5 Å². The van der Waals surface area contributed by atoms with E-state index in [1.165, 1.54) is 12.8 Å². The van der Waals surface area contributed by atoms with Crippen molar-refractivity contribution in [2.45, 2.75) is 58.4 Å². The summed E-state index contributed by atoms with van der Waals surface area (Å²) in [7, 11) is 0. The number of hydrogen-bond acceptors (Lipinski definition) is 6. The molecule has 140 valence electrons. The number of hydrogen-bond donors (Lipinski definition) is 0. The van der Waals surface area contributed by atoms with Crippen molar-refractivity contribution in [2.24, 2.45) is 0 Å². The third kappa shape index (κ3) is 3.90. The Hall–Kier alpha value is -1.95. The molecule has 0 spiro atoms. The van der Waals surface area contributed by atoms with E-state index in [9.17, 15) is 0 Å². The van der Waals surface area contributed by atoms with Crippen molar-refractivity contribution in [1.29, 1.82) is 0 Å². The van der Waals surface area contributed by atoms with Crippen LogP contribution in [0.5, 0.6) is 0 Å². The largest absolute Gasteiger partial charge is 0.360 e. The Morgan fingerprint density at radius 2 is 1.81 bits per heavy atom. The molecule has 1 saturated heterocycles. The van der Waals surface area contributed by atoms with E-state index in [-0.39, 0.29) is 5.41 Å². The number of aryl methyl sites for hydroxylation is 1. The molecular weight excluding hydrogens is 326 g/mol. The summed E-state index contributed by atoms with van der Waals surface area (Å²) < 4.78 is 5.35. The SMILES string of the molecule is Cc1cc(CN2CCN(c3cc(C(C)(C)C)nc(C4CC4)n3)CC2)on1. The first-order valence-electron chi connectivity index (χ1n) is 9.67. The highest BCUT2D eigenvalue weighted by Crippen LogP contribution is 2.39. The second-order valence-corrected chi connectivity index (χ2v) is 8.69. The molecule has 0 amide bonds. The van der Waals surface area contributed by atoms with Crippen molar-refractivity contribution in [3.63, 3.8) is 0 Å². The number of nitrogens with zero attached hydrogens (tertiary/aromatic N) is 5. The Balaban J connectivity index is 1.46. The minimum absolute atomic E-state index is 0.0489. The second kappa shape index (κ2) is 6.65. The molecule has 4 rings (SSSR count). The molecule has 1 saturated carbocycles. The van der Waals surface area contributed by atoms with Crippen LogP contribution >= 0.6 is 0 Å². The Morgan fingerprint density at radius 1 is 1.08 bits per heavy atom. The maximum absolute atomic E-state index is 5.35. The Morgan fingerprint density at radius 3 is 2.38 bits per heavy atom. The fraction of sp³-hybridized carbons (Fsp3) is 0.650. The Kier molecular flexibility index (Phi) is 4.47. The first-order valence-corrected chi connectivity index (χ1v) is 9.67. The lowest BCUT2D eigenvalue weighted by atomic mass is 9.91. The van der Waals surface area contributed by atoms with Crippen LogP contribution in [0.1, 0.15) is 62.5 Å². The van der Waals surface area contributed by atoms with E-state index in [0.717, 1.165) is 61.5 Å². The molecule has 0 aromatic carbocycles. The van der Waals surface area contributed by atoms with Gasteiger partial charge in [0, 0.05) is 49.6 Å². The Bertz CT molecular complexity index is 767. The zero-order chi connectivity index (χ0) is 18.3. The summed E-state index contributed by atoms with van der Waals surface area (Å²) in [6.07, 6.45) is 2.47. The monoisotopic (exact) mass is 355 g/mol. The van der Waals surface area contributed by atoms with Crippen LogP contribution in [0.2, 0.25) is 0 Å². The third-order valence-electron chi connectivity index (χ3n) is 5.19. The zero-order valence-electron chi connectivity index (χ0n) is 16.3. The molecule has 3 heterocycles. The second-order valence-electron chi connectivity index (χ2n) is 8.69. The highest BCUT2D eigenvalue weighted by molar-refractivity contribution is 5.42. The van der Waals surface area contributed by atoms with Crippen LogP contribution in [0.25, 0.3) is 0 Å². The number of piperazine rings is 1. The van der Waals surface area contributed by atoms with Gasteiger partial charge in [-0.1, -0.05) is 25.9 Å². The van der Waals surface area contributed by atoms with Crippen LogP contribution in [0.15, 0.2) is 16.7 Å². The highest BCUT2D eigenvalue weighted by Gasteiger charge is 2.30. The van der Waals surface area contributed by atoms with Crippen molar-refractivity contribution in [2.75, 3.05) is 31.1 Å².